The molecule has 0 fully saturated rings. The molecule has 4 heteroatoms. The predicted octanol–water partition coefficient (Wildman–Crippen LogP) is 2.57. The van der Waals surface area contributed by atoms with E-state index in [0.29, 0.717) is 0 Å². The number of rotatable bonds is 4. The van der Waals surface area contributed by atoms with Crippen LogP contribution in [0.15, 0.2) is 29.4 Å². The summed E-state index contributed by atoms with van der Waals surface area (Å²) in [4.78, 5) is 10.4. The summed E-state index contributed by atoms with van der Waals surface area (Å²) in [6, 6.07) is 7.95. The molecule has 1 aromatic rings. The van der Waals surface area contributed by atoms with E-state index in [1.807, 2.05) is 0 Å². The first-order valence-electron chi connectivity index (χ1n) is 6.06. The number of primary amides is 1. The number of carbonyl (C=O) groups excluding carboxylic acids is 1. The summed E-state index contributed by atoms with van der Waals surface area (Å²) in [5, 5.41) is 3.69. The Morgan fingerprint density at radius 2 is 1.94 bits per heavy atom. The van der Waals surface area contributed by atoms with E-state index in [0.717, 1.165) is 12.8 Å². The number of amides is 2. The highest BCUT2D eigenvalue weighted by Gasteiger charge is 2.12. The molecule has 0 aromatic heterocycles. The van der Waals surface area contributed by atoms with Gasteiger partial charge in [0.1, 0.15) is 0 Å². The SMILES string of the molecule is CC(C)(C)c1ccc(CCC=NNC(N)=O)cc1. The minimum Gasteiger partial charge on any atom is -0.350 e. The van der Waals surface area contributed by atoms with Crippen molar-refractivity contribution in [2.24, 2.45) is 10.8 Å². The van der Waals surface area contributed by atoms with Crippen LogP contribution in [0.4, 0.5) is 4.79 Å². The van der Waals surface area contributed by atoms with E-state index in [-0.39, 0.29) is 5.41 Å². The maximum absolute atomic E-state index is 10.4. The second-order valence-corrected chi connectivity index (χ2v) is 5.27. The van der Waals surface area contributed by atoms with Gasteiger partial charge in [-0.05, 0) is 29.4 Å². The standard InChI is InChI=1S/C14H21N3O/c1-14(2,3)12-8-6-11(7-9-12)5-4-10-16-17-13(15)18/h6-10H,4-5H2,1-3H3,(H3,15,17,18). The number of aryl methyl sites for hydroxylation is 1. The number of urea groups is 1. The first kappa shape index (κ1) is 14.2. The molecule has 1 aromatic carbocycles. The number of hydrazone groups is 1. The molecule has 3 N–H and O–H groups in total. The van der Waals surface area contributed by atoms with Crippen LogP contribution in [0.3, 0.4) is 0 Å². The van der Waals surface area contributed by atoms with E-state index < -0.39 is 6.03 Å². The first-order valence-corrected chi connectivity index (χ1v) is 6.06. The highest BCUT2D eigenvalue weighted by atomic mass is 16.2. The lowest BCUT2D eigenvalue weighted by Crippen LogP contribution is -2.24. The average Bonchev–Trinajstić information content (AvgIpc) is 2.27. The second-order valence-electron chi connectivity index (χ2n) is 5.27. The lowest BCUT2D eigenvalue weighted by molar-refractivity contribution is 0.249. The molecule has 0 unspecified atom stereocenters. The lowest BCUT2D eigenvalue weighted by atomic mass is 9.86. The molecule has 0 spiro atoms. The van der Waals surface area contributed by atoms with Gasteiger partial charge in [0.25, 0.3) is 0 Å². The van der Waals surface area contributed by atoms with Crippen LogP contribution in [0.5, 0.6) is 0 Å². The summed E-state index contributed by atoms with van der Waals surface area (Å²) in [5.74, 6) is 0. The van der Waals surface area contributed by atoms with Crippen molar-refractivity contribution in [3.8, 4) is 0 Å². The van der Waals surface area contributed by atoms with Crippen molar-refractivity contribution >= 4 is 12.2 Å². The van der Waals surface area contributed by atoms with Crippen LogP contribution in [0, 0.1) is 0 Å². The number of carbonyl (C=O) groups is 1. The lowest BCUT2D eigenvalue weighted by Gasteiger charge is -2.19. The van der Waals surface area contributed by atoms with E-state index in [9.17, 15) is 4.79 Å². The third-order valence-electron chi connectivity index (χ3n) is 2.65. The monoisotopic (exact) mass is 247 g/mol. The van der Waals surface area contributed by atoms with Gasteiger partial charge in [-0.2, -0.15) is 5.10 Å². The molecule has 0 aliphatic carbocycles. The van der Waals surface area contributed by atoms with Gasteiger partial charge in [0, 0.05) is 6.21 Å². The van der Waals surface area contributed by atoms with Gasteiger partial charge in [0.05, 0.1) is 0 Å². The summed E-state index contributed by atoms with van der Waals surface area (Å²) in [6.45, 7) is 6.60. The maximum Gasteiger partial charge on any atom is 0.332 e. The van der Waals surface area contributed by atoms with Gasteiger partial charge < -0.3 is 5.73 Å². The van der Waals surface area contributed by atoms with Crippen molar-refractivity contribution in [1.82, 2.24) is 5.43 Å². The van der Waals surface area contributed by atoms with Gasteiger partial charge >= 0.3 is 6.03 Å². The highest BCUT2D eigenvalue weighted by molar-refractivity contribution is 5.72. The molecule has 0 radical (unpaired) electrons. The molecule has 0 bridgehead atoms. The first-order chi connectivity index (χ1) is 8.39. The summed E-state index contributed by atoms with van der Waals surface area (Å²) in [6.07, 6.45) is 3.33. The smallest absolute Gasteiger partial charge is 0.332 e. The third kappa shape index (κ3) is 4.99. The summed E-state index contributed by atoms with van der Waals surface area (Å²) >= 11 is 0. The summed E-state index contributed by atoms with van der Waals surface area (Å²) in [7, 11) is 0. The van der Waals surface area contributed by atoms with Crippen molar-refractivity contribution in [2.75, 3.05) is 0 Å². The Labute approximate surface area is 108 Å². The molecule has 0 aliphatic heterocycles. The molecular weight excluding hydrogens is 226 g/mol. The Morgan fingerprint density at radius 1 is 1.33 bits per heavy atom. The van der Waals surface area contributed by atoms with Gasteiger partial charge in [-0.1, -0.05) is 45.0 Å². The quantitative estimate of drug-likeness (QED) is 0.623. The second kappa shape index (κ2) is 6.19. The maximum atomic E-state index is 10.4. The fraction of sp³-hybridized carbons (Fsp3) is 0.429. The van der Waals surface area contributed by atoms with E-state index in [1.165, 1.54) is 11.1 Å². The molecule has 0 aliphatic rings. The van der Waals surface area contributed by atoms with Crippen LogP contribution in [0.25, 0.3) is 0 Å². The van der Waals surface area contributed by atoms with Crippen molar-refractivity contribution in [3.05, 3.63) is 35.4 Å². The minimum atomic E-state index is -0.638. The predicted molar refractivity (Wildman–Crippen MR) is 74.7 cm³/mol. The Kier molecular flexibility index (Phi) is 4.89. The van der Waals surface area contributed by atoms with E-state index >= 15 is 0 Å². The average molecular weight is 247 g/mol. The number of nitrogens with zero attached hydrogens (tertiary/aromatic N) is 1. The summed E-state index contributed by atoms with van der Waals surface area (Å²) in [5.41, 5.74) is 9.82. The van der Waals surface area contributed by atoms with E-state index in [2.05, 4.69) is 55.6 Å². The normalized spacial score (nSPS) is 11.7. The Morgan fingerprint density at radius 3 is 2.44 bits per heavy atom. The molecule has 0 saturated carbocycles. The Hall–Kier alpha value is -1.84. The van der Waals surface area contributed by atoms with E-state index in [1.54, 1.807) is 6.21 Å². The van der Waals surface area contributed by atoms with Crippen LogP contribution in [-0.2, 0) is 11.8 Å². The largest absolute Gasteiger partial charge is 0.350 e. The zero-order valence-corrected chi connectivity index (χ0v) is 11.2. The zero-order valence-electron chi connectivity index (χ0n) is 11.2. The fourth-order valence-electron chi connectivity index (χ4n) is 1.58. The van der Waals surface area contributed by atoms with E-state index in [4.69, 9.17) is 5.73 Å². The molecule has 98 valence electrons. The van der Waals surface area contributed by atoms with Crippen LogP contribution in [0.1, 0.15) is 38.3 Å². The van der Waals surface area contributed by atoms with Crippen LogP contribution < -0.4 is 11.2 Å². The van der Waals surface area contributed by atoms with Gasteiger partial charge in [-0.15, -0.1) is 0 Å². The molecule has 0 saturated heterocycles. The molecule has 18 heavy (non-hydrogen) atoms. The van der Waals surface area contributed by atoms with Crippen molar-refractivity contribution < 1.29 is 4.79 Å². The minimum absolute atomic E-state index is 0.186. The molecule has 2 amide bonds. The zero-order chi connectivity index (χ0) is 13.6. The van der Waals surface area contributed by atoms with Crippen LogP contribution in [-0.4, -0.2) is 12.2 Å². The van der Waals surface area contributed by atoms with Gasteiger partial charge in [-0.25, -0.2) is 10.2 Å². The highest BCUT2D eigenvalue weighted by Crippen LogP contribution is 2.22. The topological polar surface area (TPSA) is 67.5 Å². The van der Waals surface area contributed by atoms with Crippen molar-refractivity contribution in [3.63, 3.8) is 0 Å². The molecule has 0 atom stereocenters. The fourth-order valence-corrected chi connectivity index (χ4v) is 1.58. The van der Waals surface area contributed by atoms with Gasteiger partial charge in [-0.3, -0.25) is 0 Å². The molecule has 0 heterocycles. The number of benzene rings is 1. The summed E-state index contributed by atoms with van der Waals surface area (Å²) < 4.78 is 0. The third-order valence-corrected chi connectivity index (χ3v) is 2.65. The Balaban J connectivity index is 2.45. The Bertz CT molecular complexity index is 416. The number of hydrogen-bond donors (Lipinski definition) is 2. The molecular formula is C14H21N3O. The molecule has 4 nitrogen and oxygen atoms in total. The van der Waals surface area contributed by atoms with Crippen LogP contribution in [0.2, 0.25) is 0 Å². The van der Waals surface area contributed by atoms with Crippen molar-refractivity contribution in [1.29, 1.82) is 0 Å². The number of nitrogens with one attached hydrogen (secondary N) is 1. The van der Waals surface area contributed by atoms with Gasteiger partial charge in [0.2, 0.25) is 0 Å². The number of nitrogens with two attached hydrogens (primary N) is 1. The number of hydrogen-bond acceptors (Lipinski definition) is 2. The van der Waals surface area contributed by atoms with Gasteiger partial charge in [0.15, 0.2) is 0 Å². The van der Waals surface area contributed by atoms with Crippen molar-refractivity contribution in [2.45, 2.75) is 39.0 Å². The molecule has 1 rings (SSSR count). The van der Waals surface area contributed by atoms with Crippen LogP contribution >= 0.6 is 0 Å².